The number of benzene rings is 2. The zero-order chi connectivity index (χ0) is 25.1. The van der Waals surface area contributed by atoms with E-state index in [9.17, 15) is 13.2 Å². The summed E-state index contributed by atoms with van der Waals surface area (Å²) in [6, 6.07) is 11.0. The number of sulfonamides is 1. The van der Waals surface area contributed by atoms with Crippen molar-refractivity contribution >= 4 is 54.9 Å². The SMILES string of the molecule is C=CCN(CC=C)S(=O)(=O)c1ccc(NC(=S)NC(=O)c2ccc(OCCOC)c(Br)c2)cc1. The zero-order valence-electron chi connectivity index (χ0n) is 18.6. The lowest BCUT2D eigenvalue weighted by Crippen LogP contribution is -2.34. The first-order chi connectivity index (χ1) is 16.2. The fraction of sp³-hybridized carbons (Fsp3) is 0.217. The molecule has 0 saturated heterocycles. The predicted octanol–water partition coefficient (Wildman–Crippen LogP) is 3.96. The minimum atomic E-state index is -3.70. The molecule has 0 aromatic heterocycles. The van der Waals surface area contributed by atoms with E-state index in [1.165, 1.54) is 28.6 Å². The van der Waals surface area contributed by atoms with Crippen LogP contribution >= 0.6 is 28.1 Å². The standard InChI is InChI=1S/C23H26BrN3O5S2/c1-4-12-27(13-5-2)34(29,30)19-9-7-18(8-10-19)25-23(33)26-22(28)17-6-11-21(20(24)16-17)32-15-14-31-3/h4-11,16H,1-2,12-15H2,3H3,(H2,25,26,28,33). The van der Waals surface area contributed by atoms with Crippen molar-refractivity contribution in [2.75, 3.05) is 38.7 Å². The van der Waals surface area contributed by atoms with E-state index in [0.717, 1.165) is 0 Å². The second-order valence-electron chi connectivity index (χ2n) is 6.82. The van der Waals surface area contributed by atoms with Crippen LogP contribution in [0.1, 0.15) is 10.4 Å². The largest absolute Gasteiger partial charge is 0.490 e. The lowest BCUT2D eigenvalue weighted by Gasteiger charge is -2.19. The molecule has 2 aromatic carbocycles. The minimum Gasteiger partial charge on any atom is -0.490 e. The Hall–Kier alpha value is -2.57. The Kier molecular flexibility index (Phi) is 10.9. The smallest absolute Gasteiger partial charge is 0.257 e. The van der Waals surface area contributed by atoms with Crippen molar-refractivity contribution in [1.29, 1.82) is 0 Å². The van der Waals surface area contributed by atoms with Gasteiger partial charge in [0, 0.05) is 31.5 Å². The van der Waals surface area contributed by atoms with E-state index in [0.29, 0.717) is 34.7 Å². The molecule has 0 spiro atoms. The summed E-state index contributed by atoms with van der Waals surface area (Å²) in [7, 11) is -2.12. The van der Waals surface area contributed by atoms with Crippen LogP contribution in [0.3, 0.4) is 0 Å². The molecule has 0 aliphatic rings. The van der Waals surface area contributed by atoms with Crippen LogP contribution in [0, 0.1) is 0 Å². The number of carbonyl (C=O) groups is 1. The lowest BCUT2D eigenvalue weighted by atomic mass is 10.2. The average Bonchev–Trinajstić information content (AvgIpc) is 2.80. The van der Waals surface area contributed by atoms with Crippen molar-refractivity contribution in [3.8, 4) is 5.75 Å². The molecule has 0 aliphatic heterocycles. The fourth-order valence-electron chi connectivity index (χ4n) is 2.75. The van der Waals surface area contributed by atoms with Crippen LogP contribution < -0.4 is 15.4 Å². The quantitative estimate of drug-likeness (QED) is 0.227. The summed E-state index contributed by atoms with van der Waals surface area (Å²) in [6.07, 6.45) is 3.03. The molecule has 0 saturated carbocycles. The third-order valence-corrected chi connectivity index (χ3v) is 7.05. The summed E-state index contributed by atoms with van der Waals surface area (Å²) in [5, 5.41) is 5.53. The number of methoxy groups -OCH3 is 1. The van der Waals surface area contributed by atoms with Gasteiger partial charge < -0.3 is 14.8 Å². The monoisotopic (exact) mass is 567 g/mol. The van der Waals surface area contributed by atoms with Gasteiger partial charge >= 0.3 is 0 Å². The molecule has 11 heteroatoms. The van der Waals surface area contributed by atoms with Gasteiger partial charge in [0.25, 0.3) is 5.91 Å². The molecule has 0 heterocycles. The van der Waals surface area contributed by atoms with Crippen LogP contribution in [0.2, 0.25) is 0 Å². The number of carbonyl (C=O) groups excluding carboxylic acids is 1. The van der Waals surface area contributed by atoms with E-state index in [-0.39, 0.29) is 23.1 Å². The van der Waals surface area contributed by atoms with E-state index < -0.39 is 15.9 Å². The zero-order valence-corrected chi connectivity index (χ0v) is 21.8. The number of hydrogen-bond donors (Lipinski definition) is 2. The maximum atomic E-state index is 12.8. The van der Waals surface area contributed by atoms with E-state index in [1.807, 2.05) is 0 Å². The molecule has 0 unspecified atom stereocenters. The number of amides is 1. The normalized spacial score (nSPS) is 11.0. The van der Waals surface area contributed by atoms with E-state index in [4.69, 9.17) is 21.7 Å². The Morgan fingerprint density at radius 2 is 1.76 bits per heavy atom. The molecule has 2 N–H and O–H groups in total. The van der Waals surface area contributed by atoms with Crippen LogP contribution in [-0.2, 0) is 14.8 Å². The van der Waals surface area contributed by atoms with Crippen LogP contribution in [0.5, 0.6) is 5.75 Å². The van der Waals surface area contributed by atoms with Gasteiger partial charge in [-0.1, -0.05) is 12.2 Å². The van der Waals surface area contributed by atoms with Crippen LogP contribution in [0.25, 0.3) is 0 Å². The molecule has 0 aliphatic carbocycles. The molecule has 8 nitrogen and oxygen atoms in total. The first-order valence-electron chi connectivity index (χ1n) is 10.1. The summed E-state index contributed by atoms with van der Waals surface area (Å²) in [5.74, 6) is 0.175. The molecule has 182 valence electrons. The van der Waals surface area contributed by atoms with Crippen molar-refractivity contribution in [3.05, 3.63) is 77.8 Å². The number of hydrogen-bond acceptors (Lipinski definition) is 6. The Labute approximate surface area is 213 Å². The van der Waals surface area contributed by atoms with Gasteiger partial charge in [0.1, 0.15) is 12.4 Å². The van der Waals surface area contributed by atoms with Crippen LogP contribution in [-0.4, -0.2) is 57.2 Å². The Morgan fingerprint density at radius 1 is 1.12 bits per heavy atom. The fourth-order valence-corrected chi connectivity index (χ4v) is 4.84. The Balaban J connectivity index is 2.01. The van der Waals surface area contributed by atoms with Gasteiger partial charge in [0.15, 0.2) is 5.11 Å². The number of nitrogens with zero attached hydrogens (tertiary/aromatic N) is 1. The number of ether oxygens (including phenoxy) is 2. The number of thiocarbonyl (C=S) groups is 1. The van der Waals surface area contributed by atoms with Gasteiger partial charge in [-0.25, -0.2) is 8.42 Å². The van der Waals surface area contributed by atoms with Crippen molar-refractivity contribution in [2.45, 2.75) is 4.90 Å². The van der Waals surface area contributed by atoms with Gasteiger partial charge in [0.05, 0.1) is 16.0 Å². The molecule has 0 atom stereocenters. The first kappa shape index (κ1) is 27.7. The summed E-state index contributed by atoms with van der Waals surface area (Å²) in [4.78, 5) is 12.7. The van der Waals surface area contributed by atoms with Crippen molar-refractivity contribution < 1.29 is 22.7 Å². The van der Waals surface area contributed by atoms with Gasteiger partial charge in [-0.2, -0.15) is 4.31 Å². The van der Waals surface area contributed by atoms with Gasteiger partial charge in [-0.05, 0) is 70.6 Å². The number of anilines is 1. The summed E-state index contributed by atoms with van der Waals surface area (Å²) < 4.78 is 37.9. The molecular formula is C23H26BrN3O5S2. The molecule has 34 heavy (non-hydrogen) atoms. The van der Waals surface area contributed by atoms with Gasteiger partial charge in [-0.3, -0.25) is 10.1 Å². The highest BCUT2D eigenvalue weighted by Crippen LogP contribution is 2.26. The summed E-state index contributed by atoms with van der Waals surface area (Å²) >= 11 is 8.60. The second-order valence-corrected chi connectivity index (χ2v) is 10.0. The Morgan fingerprint density at radius 3 is 2.32 bits per heavy atom. The molecule has 0 radical (unpaired) electrons. The molecule has 2 rings (SSSR count). The number of halogens is 1. The third-order valence-electron chi connectivity index (χ3n) is 4.38. The van der Waals surface area contributed by atoms with E-state index in [2.05, 4.69) is 39.7 Å². The van der Waals surface area contributed by atoms with Crippen LogP contribution in [0.15, 0.2) is 77.1 Å². The topological polar surface area (TPSA) is 97.0 Å². The van der Waals surface area contributed by atoms with Crippen molar-refractivity contribution in [2.24, 2.45) is 0 Å². The molecular weight excluding hydrogens is 542 g/mol. The highest BCUT2D eigenvalue weighted by molar-refractivity contribution is 9.10. The second kappa shape index (κ2) is 13.4. The first-order valence-corrected chi connectivity index (χ1v) is 12.7. The molecule has 0 fully saturated rings. The highest BCUT2D eigenvalue weighted by Gasteiger charge is 2.22. The molecule has 0 bridgehead atoms. The average molecular weight is 569 g/mol. The van der Waals surface area contributed by atoms with E-state index >= 15 is 0 Å². The van der Waals surface area contributed by atoms with E-state index in [1.54, 1.807) is 37.4 Å². The summed E-state index contributed by atoms with van der Waals surface area (Å²) in [5.41, 5.74) is 0.896. The van der Waals surface area contributed by atoms with Crippen molar-refractivity contribution in [1.82, 2.24) is 9.62 Å². The highest BCUT2D eigenvalue weighted by atomic mass is 79.9. The Bertz CT molecular complexity index is 1130. The lowest BCUT2D eigenvalue weighted by molar-refractivity contribution is 0.0977. The summed E-state index contributed by atoms with van der Waals surface area (Å²) in [6.45, 7) is 8.35. The van der Waals surface area contributed by atoms with Crippen LogP contribution in [0.4, 0.5) is 5.69 Å². The van der Waals surface area contributed by atoms with Gasteiger partial charge in [-0.15, -0.1) is 13.2 Å². The van der Waals surface area contributed by atoms with Crippen molar-refractivity contribution in [3.63, 3.8) is 0 Å². The number of nitrogens with one attached hydrogen (secondary N) is 2. The molecule has 2 aromatic rings. The predicted molar refractivity (Wildman–Crippen MR) is 141 cm³/mol. The number of rotatable bonds is 12. The van der Waals surface area contributed by atoms with Gasteiger partial charge in [0.2, 0.25) is 10.0 Å². The third kappa shape index (κ3) is 7.74. The maximum Gasteiger partial charge on any atom is 0.257 e. The maximum absolute atomic E-state index is 12.8. The molecule has 1 amide bonds. The minimum absolute atomic E-state index is 0.0668.